The van der Waals surface area contributed by atoms with Crippen LogP contribution in [0.5, 0.6) is 0 Å². The summed E-state index contributed by atoms with van der Waals surface area (Å²) in [6.45, 7) is 0.830. The van der Waals surface area contributed by atoms with Crippen LogP contribution in [0.25, 0.3) is 0 Å². The Kier molecular flexibility index (Phi) is 5.90. The van der Waals surface area contributed by atoms with Gasteiger partial charge in [-0.05, 0) is 36.9 Å². The Bertz CT molecular complexity index is 503. The van der Waals surface area contributed by atoms with E-state index in [1.807, 2.05) is 23.9 Å². The van der Waals surface area contributed by atoms with Crippen LogP contribution >= 0.6 is 11.8 Å². The van der Waals surface area contributed by atoms with Gasteiger partial charge in [0.2, 0.25) is 0 Å². The van der Waals surface area contributed by atoms with Crippen LogP contribution in [0.15, 0.2) is 18.2 Å². The summed E-state index contributed by atoms with van der Waals surface area (Å²) >= 11 is 1.99. The normalized spacial score (nSPS) is 18.1. The van der Waals surface area contributed by atoms with E-state index < -0.39 is 0 Å². The Morgan fingerprint density at radius 3 is 3.05 bits per heavy atom. The van der Waals surface area contributed by atoms with E-state index >= 15 is 0 Å². The molecule has 108 valence electrons. The third-order valence-corrected chi connectivity index (χ3v) is 4.60. The van der Waals surface area contributed by atoms with Gasteiger partial charge in [0.25, 0.3) is 0 Å². The smallest absolute Gasteiger partial charge is 0.138 e. The maximum atomic E-state index is 13.7. The van der Waals surface area contributed by atoms with Crippen molar-refractivity contribution in [2.75, 3.05) is 25.2 Å². The van der Waals surface area contributed by atoms with E-state index in [4.69, 9.17) is 5.11 Å². The van der Waals surface area contributed by atoms with Crippen LogP contribution in [0.1, 0.15) is 24.0 Å². The highest BCUT2D eigenvalue weighted by atomic mass is 32.2. The number of hydrogen-bond acceptors (Lipinski definition) is 3. The van der Waals surface area contributed by atoms with Gasteiger partial charge < -0.3 is 5.11 Å². The molecule has 0 aromatic heterocycles. The number of rotatable bonds is 4. The first-order valence-corrected chi connectivity index (χ1v) is 8.02. The van der Waals surface area contributed by atoms with Crippen molar-refractivity contribution in [1.82, 2.24) is 4.90 Å². The van der Waals surface area contributed by atoms with E-state index in [9.17, 15) is 4.39 Å². The molecule has 1 aromatic rings. The Balaban J connectivity index is 2.05. The van der Waals surface area contributed by atoms with E-state index in [0.29, 0.717) is 18.0 Å². The quantitative estimate of drug-likeness (QED) is 0.863. The molecule has 1 aromatic carbocycles. The topological polar surface area (TPSA) is 23.5 Å². The summed E-state index contributed by atoms with van der Waals surface area (Å²) in [5.41, 5.74) is 1.50. The molecule has 0 bridgehead atoms. The molecular formula is C16H20FNOS. The fourth-order valence-electron chi connectivity index (χ4n) is 2.27. The number of aliphatic hydroxyl groups excluding tert-OH is 1. The average molecular weight is 293 g/mol. The van der Waals surface area contributed by atoms with E-state index in [1.165, 1.54) is 24.0 Å². The van der Waals surface area contributed by atoms with Gasteiger partial charge in [0.1, 0.15) is 5.82 Å². The maximum absolute atomic E-state index is 13.7. The molecule has 1 atom stereocenters. The van der Waals surface area contributed by atoms with Crippen LogP contribution < -0.4 is 0 Å². The third kappa shape index (κ3) is 4.24. The second-order valence-electron chi connectivity index (χ2n) is 5.02. The number of halogens is 1. The zero-order chi connectivity index (χ0) is 14.4. The minimum absolute atomic E-state index is 0.0103. The largest absolute Gasteiger partial charge is 0.395 e. The first kappa shape index (κ1) is 15.4. The summed E-state index contributed by atoms with van der Waals surface area (Å²) in [5.74, 6) is 7.68. The van der Waals surface area contributed by atoms with E-state index in [-0.39, 0.29) is 12.4 Å². The molecule has 0 amide bonds. The molecule has 0 spiro atoms. The third-order valence-electron chi connectivity index (χ3n) is 3.45. The van der Waals surface area contributed by atoms with Gasteiger partial charge in [-0.3, -0.25) is 4.90 Å². The summed E-state index contributed by atoms with van der Waals surface area (Å²) in [6, 6.07) is 5.74. The van der Waals surface area contributed by atoms with Crippen LogP contribution in [0.2, 0.25) is 0 Å². The first-order chi connectivity index (χ1) is 9.70. The van der Waals surface area contributed by atoms with Gasteiger partial charge in [-0.15, -0.1) is 0 Å². The van der Waals surface area contributed by atoms with Crippen molar-refractivity contribution in [2.24, 2.45) is 0 Å². The Morgan fingerprint density at radius 2 is 2.35 bits per heavy atom. The van der Waals surface area contributed by atoms with Crippen LogP contribution in [-0.4, -0.2) is 41.2 Å². The Labute approximate surface area is 124 Å². The standard InChI is InChI=1S/C16H20FNOS/c1-18(15-7-9-20-12-15)11-13-5-6-16(17)14(10-13)4-2-3-8-19/h5-6,10,15,19H,3,7-9,11-12H2,1H3. The number of benzene rings is 1. The summed E-state index contributed by atoms with van der Waals surface area (Å²) in [6.07, 6.45) is 1.61. The second kappa shape index (κ2) is 7.68. The highest BCUT2D eigenvalue weighted by Gasteiger charge is 2.20. The molecule has 0 saturated carbocycles. The lowest BCUT2D eigenvalue weighted by Gasteiger charge is -2.23. The molecule has 1 unspecified atom stereocenters. The lowest BCUT2D eigenvalue weighted by molar-refractivity contribution is 0.254. The van der Waals surface area contributed by atoms with Gasteiger partial charge in [-0.1, -0.05) is 17.9 Å². The van der Waals surface area contributed by atoms with Crippen molar-refractivity contribution in [1.29, 1.82) is 0 Å². The van der Waals surface area contributed by atoms with Gasteiger partial charge >= 0.3 is 0 Å². The molecule has 1 aliphatic rings. The zero-order valence-corrected chi connectivity index (χ0v) is 12.5. The highest BCUT2D eigenvalue weighted by Crippen LogP contribution is 2.23. The number of hydrogen-bond donors (Lipinski definition) is 1. The molecular weight excluding hydrogens is 273 g/mol. The minimum Gasteiger partial charge on any atom is -0.395 e. The molecule has 1 heterocycles. The van der Waals surface area contributed by atoms with E-state index in [2.05, 4.69) is 23.8 Å². The van der Waals surface area contributed by atoms with Crippen molar-refractivity contribution in [2.45, 2.75) is 25.4 Å². The van der Waals surface area contributed by atoms with Crippen LogP contribution in [-0.2, 0) is 6.54 Å². The Hall–Kier alpha value is -1.02. The lowest BCUT2D eigenvalue weighted by atomic mass is 10.1. The number of aliphatic hydroxyl groups is 1. The van der Waals surface area contributed by atoms with Gasteiger partial charge in [0.05, 0.1) is 12.2 Å². The van der Waals surface area contributed by atoms with Gasteiger partial charge in [0.15, 0.2) is 0 Å². The number of nitrogens with zero attached hydrogens (tertiary/aromatic N) is 1. The lowest BCUT2D eigenvalue weighted by Crippen LogP contribution is -2.30. The van der Waals surface area contributed by atoms with E-state index in [0.717, 1.165) is 12.1 Å². The number of thioether (sulfide) groups is 1. The predicted octanol–water partition coefficient (Wildman–Crippen LogP) is 2.50. The fraction of sp³-hybridized carbons (Fsp3) is 0.500. The SMILES string of the molecule is CN(Cc1ccc(F)c(C#CCCO)c1)C1CCSC1. The molecule has 1 aliphatic heterocycles. The summed E-state index contributed by atoms with van der Waals surface area (Å²) in [4.78, 5) is 2.33. The minimum atomic E-state index is -0.293. The second-order valence-corrected chi connectivity index (χ2v) is 6.17. The maximum Gasteiger partial charge on any atom is 0.138 e. The zero-order valence-electron chi connectivity index (χ0n) is 11.7. The molecule has 1 saturated heterocycles. The van der Waals surface area contributed by atoms with Crippen molar-refractivity contribution >= 4 is 11.8 Å². The van der Waals surface area contributed by atoms with Crippen LogP contribution in [0.4, 0.5) is 4.39 Å². The molecule has 20 heavy (non-hydrogen) atoms. The summed E-state index contributed by atoms with van der Waals surface area (Å²) in [5, 5.41) is 8.70. The van der Waals surface area contributed by atoms with Crippen LogP contribution in [0, 0.1) is 17.7 Å². The van der Waals surface area contributed by atoms with Crippen molar-refractivity contribution in [3.8, 4) is 11.8 Å². The van der Waals surface area contributed by atoms with Crippen molar-refractivity contribution < 1.29 is 9.50 Å². The molecule has 2 nitrogen and oxygen atoms in total. The summed E-state index contributed by atoms with van der Waals surface area (Å²) in [7, 11) is 2.12. The predicted molar refractivity (Wildman–Crippen MR) is 82.2 cm³/mol. The van der Waals surface area contributed by atoms with E-state index in [1.54, 1.807) is 0 Å². The summed E-state index contributed by atoms with van der Waals surface area (Å²) < 4.78 is 13.7. The van der Waals surface area contributed by atoms with Gasteiger partial charge in [0, 0.05) is 24.8 Å². The molecule has 1 N–H and O–H groups in total. The van der Waals surface area contributed by atoms with Gasteiger partial charge in [-0.2, -0.15) is 11.8 Å². The van der Waals surface area contributed by atoms with Crippen molar-refractivity contribution in [3.05, 3.63) is 35.1 Å². The fourth-order valence-corrected chi connectivity index (χ4v) is 3.57. The molecule has 2 rings (SSSR count). The highest BCUT2D eigenvalue weighted by molar-refractivity contribution is 7.99. The first-order valence-electron chi connectivity index (χ1n) is 6.87. The van der Waals surface area contributed by atoms with Gasteiger partial charge in [-0.25, -0.2) is 4.39 Å². The monoisotopic (exact) mass is 293 g/mol. The molecule has 0 aliphatic carbocycles. The average Bonchev–Trinajstić information content (AvgIpc) is 2.96. The molecule has 0 radical (unpaired) electrons. The van der Waals surface area contributed by atoms with Crippen molar-refractivity contribution in [3.63, 3.8) is 0 Å². The Morgan fingerprint density at radius 1 is 1.50 bits per heavy atom. The molecule has 1 fully saturated rings. The van der Waals surface area contributed by atoms with Crippen LogP contribution in [0.3, 0.4) is 0 Å². The molecule has 4 heteroatoms.